The largest absolute Gasteiger partial charge is 0.292 e. The topological polar surface area (TPSA) is 17.3 Å². The van der Waals surface area contributed by atoms with Gasteiger partial charge in [-0.1, -0.05) is 115 Å². The lowest BCUT2D eigenvalue weighted by atomic mass is 9.96. The Labute approximate surface area is 246 Å². The van der Waals surface area contributed by atoms with E-state index in [1.807, 2.05) is 17.5 Å². The van der Waals surface area contributed by atoms with Gasteiger partial charge in [0.15, 0.2) is 0 Å². The summed E-state index contributed by atoms with van der Waals surface area (Å²) in [4.78, 5) is 4.90. The second-order valence-corrected chi connectivity index (χ2v) is 11.9. The molecule has 0 aliphatic rings. The molecule has 0 aliphatic carbocycles. The molecular formula is C39H24N2S. The van der Waals surface area contributed by atoms with E-state index in [-0.39, 0.29) is 0 Å². The van der Waals surface area contributed by atoms with Crippen LogP contribution in [0.25, 0.3) is 81.0 Å². The normalized spacial score (nSPS) is 11.8. The Bertz CT molecular complexity index is 2470. The van der Waals surface area contributed by atoms with Gasteiger partial charge < -0.3 is 0 Å². The quantitative estimate of drug-likeness (QED) is 0.199. The minimum atomic E-state index is 0.989. The highest BCUT2D eigenvalue weighted by Gasteiger charge is 2.16. The third-order valence-electron chi connectivity index (χ3n) is 8.44. The lowest BCUT2D eigenvalue weighted by Crippen LogP contribution is -1.94. The van der Waals surface area contributed by atoms with Crippen LogP contribution in [0, 0.1) is 0 Å². The van der Waals surface area contributed by atoms with E-state index in [0.29, 0.717) is 0 Å². The Morgan fingerprint density at radius 2 is 1.17 bits per heavy atom. The molecule has 3 aromatic heterocycles. The van der Waals surface area contributed by atoms with Crippen LogP contribution in [-0.2, 0) is 0 Å². The fourth-order valence-corrected chi connectivity index (χ4v) is 7.72. The average molecular weight is 553 g/mol. The van der Waals surface area contributed by atoms with E-state index < -0.39 is 0 Å². The Morgan fingerprint density at radius 3 is 2.07 bits per heavy atom. The molecule has 0 saturated carbocycles. The third-order valence-corrected chi connectivity index (χ3v) is 9.66. The molecule has 42 heavy (non-hydrogen) atoms. The lowest BCUT2D eigenvalue weighted by Gasteiger charge is -2.13. The second kappa shape index (κ2) is 9.13. The molecule has 0 fully saturated rings. The zero-order valence-electron chi connectivity index (χ0n) is 22.7. The molecule has 6 aromatic carbocycles. The molecule has 0 saturated heterocycles. The molecule has 9 aromatic rings. The smallest absolute Gasteiger partial charge is 0.145 e. The first-order valence-electron chi connectivity index (χ1n) is 14.2. The van der Waals surface area contributed by atoms with Gasteiger partial charge in [-0.2, -0.15) is 0 Å². The molecule has 0 aliphatic heterocycles. The number of imidazole rings is 1. The minimum absolute atomic E-state index is 0.989. The second-order valence-electron chi connectivity index (χ2n) is 10.8. The van der Waals surface area contributed by atoms with Crippen LogP contribution in [-0.4, -0.2) is 9.38 Å². The predicted molar refractivity (Wildman–Crippen MR) is 179 cm³/mol. The van der Waals surface area contributed by atoms with Gasteiger partial charge >= 0.3 is 0 Å². The van der Waals surface area contributed by atoms with E-state index >= 15 is 0 Å². The number of aromatic nitrogens is 2. The van der Waals surface area contributed by atoms with Gasteiger partial charge in [-0.3, -0.25) is 4.40 Å². The van der Waals surface area contributed by atoms with Crippen molar-refractivity contribution in [1.29, 1.82) is 0 Å². The monoisotopic (exact) mass is 552 g/mol. The van der Waals surface area contributed by atoms with Gasteiger partial charge in [-0.25, -0.2) is 4.98 Å². The summed E-state index contributed by atoms with van der Waals surface area (Å²) in [5.41, 5.74) is 9.37. The summed E-state index contributed by atoms with van der Waals surface area (Å²) in [6.07, 6.45) is 2.00. The van der Waals surface area contributed by atoms with Crippen LogP contribution in [0.3, 0.4) is 0 Å². The summed E-state index contributed by atoms with van der Waals surface area (Å²) in [6.45, 7) is 0. The van der Waals surface area contributed by atoms with Crippen LogP contribution in [0.4, 0.5) is 0 Å². The number of thiophene rings is 1. The standard InChI is InChI=1S/C39H24N2S/c1-2-10-25(11-3-1)36-24-40-39-33-16-5-4-14-30(33)34-23-27(20-21-35(34)41(36)39)26-12-8-13-28(22-26)29-17-9-18-32-31-15-6-7-19-37(31)42-38(29)32/h1-24H. The maximum atomic E-state index is 4.90. The summed E-state index contributed by atoms with van der Waals surface area (Å²) in [6, 6.07) is 50.4. The van der Waals surface area contributed by atoms with E-state index in [9.17, 15) is 0 Å². The van der Waals surface area contributed by atoms with Gasteiger partial charge in [0, 0.05) is 36.5 Å². The maximum absolute atomic E-state index is 4.90. The third kappa shape index (κ3) is 3.47. The maximum Gasteiger partial charge on any atom is 0.145 e. The molecule has 196 valence electrons. The average Bonchev–Trinajstić information content (AvgIpc) is 3.68. The molecule has 0 unspecified atom stereocenters. The van der Waals surface area contributed by atoms with Crippen molar-refractivity contribution in [3.63, 3.8) is 0 Å². The van der Waals surface area contributed by atoms with Crippen LogP contribution in [0.2, 0.25) is 0 Å². The molecular weight excluding hydrogens is 529 g/mol. The number of rotatable bonds is 3. The number of hydrogen-bond donors (Lipinski definition) is 0. The Balaban J connectivity index is 1.26. The molecule has 0 bridgehead atoms. The fraction of sp³-hybridized carbons (Fsp3) is 0. The zero-order valence-corrected chi connectivity index (χ0v) is 23.5. The summed E-state index contributed by atoms with van der Waals surface area (Å²) >= 11 is 1.88. The molecule has 0 atom stereocenters. The van der Waals surface area contributed by atoms with Crippen molar-refractivity contribution in [2.45, 2.75) is 0 Å². The number of hydrogen-bond acceptors (Lipinski definition) is 2. The Kier molecular flexibility index (Phi) is 5.10. The summed E-state index contributed by atoms with van der Waals surface area (Å²) in [5.74, 6) is 0. The van der Waals surface area contributed by atoms with Crippen LogP contribution in [0.5, 0.6) is 0 Å². The van der Waals surface area contributed by atoms with Gasteiger partial charge in [0.2, 0.25) is 0 Å². The summed E-state index contributed by atoms with van der Waals surface area (Å²) in [5, 5.41) is 6.27. The van der Waals surface area contributed by atoms with Crippen molar-refractivity contribution in [3.8, 4) is 33.5 Å². The highest BCUT2D eigenvalue weighted by atomic mass is 32.1. The van der Waals surface area contributed by atoms with Crippen LogP contribution >= 0.6 is 11.3 Å². The predicted octanol–water partition coefficient (Wildman–Crippen LogP) is 11.0. The molecule has 9 rings (SSSR count). The molecule has 3 heteroatoms. The van der Waals surface area contributed by atoms with E-state index in [0.717, 1.165) is 27.8 Å². The SMILES string of the molecule is c1ccc(-c2cnc3c4ccccc4c4cc(-c5cccc(-c6cccc7c6sc6ccccc67)c5)ccc4n23)cc1. The van der Waals surface area contributed by atoms with Crippen LogP contribution in [0.15, 0.2) is 146 Å². The van der Waals surface area contributed by atoms with Crippen molar-refractivity contribution in [1.82, 2.24) is 9.38 Å². The van der Waals surface area contributed by atoms with E-state index in [1.165, 1.54) is 53.2 Å². The fourth-order valence-electron chi connectivity index (χ4n) is 6.48. The van der Waals surface area contributed by atoms with Gasteiger partial charge in [0.25, 0.3) is 0 Å². The first-order valence-corrected chi connectivity index (χ1v) is 15.0. The molecule has 0 N–H and O–H groups in total. The van der Waals surface area contributed by atoms with Crippen molar-refractivity contribution in [3.05, 3.63) is 146 Å². The summed E-state index contributed by atoms with van der Waals surface area (Å²) < 4.78 is 4.99. The van der Waals surface area contributed by atoms with Gasteiger partial charge in [-0.15, -0.1) is 11.3 Å². The molecule has 2 nitrogen and oxygen atoms in total. The first-order chi connectivity index (χ1) is 20.8. The van der Waals surface area contributed by atoms with E-state index in [4.69, 9.17) is 4.98 Å². The Morgan fingerprint density at radius 1 is 0.476 bits per heavy atom. The highest BCUT2D eigenvalue weighted by Crippen LogP contribution is 2.41. The number of nitrogens with zero attached hydrogens (tertiary/aromatic N) is 2. The number of pyridine rings is 1. The zero-order chi connectivity index (χ0) is 27.6. The Hall–Kier alpha value is -5.25. The van der Waals surface area contributed by atoms with Crippen LogP contribution in [0.1, 0.15) is 0 Å². The van der Waals surface area contributed by atoms with Gasteiger partial charge in [-0.05, 0) is 51.9 Å². The van der Waals surface area contributed by atoms with Gasteiger partial charge in [0.1, 0.15) is 5.65 Å². The molecule has 0 radical (unpaired) electrons. The first kappa shape index (κ1) is 23.5. The molecule has 0 amide bonds. The van der Waals surface area contributed by atoms with Crippen molar-refractivity contribution < 1.29 is 0 Å². The number of fused-ring (bicyclic) bond motifs is 9. The summed E-state index contributed by atoms with van der Waals surface area (Å²) in [7, 11) is 0. The van der Waals surface area contributed by atoms with Crippen molar-refractivity contribution in [2.24, 2.45) is 0 Å². The molecule has 3 heterocycles. The van der Waals surface area contributed by atoms with Crippen molar-refractivity contribution >= 4 is 58.8 Å². The van der Waals surface area contributed by atoms with Crippen molar-refractivity contribution in [2.75, 3.05) is 0 Å². The highest BCUT2D eigenvalue weighted by molar-refractivity contribution is 7.26. The lowest BCUT2D eigenvalue weighted by molar-refractivity contribution is 1.27. The van der Waals surface area contributed by atoms with E-state index in [2.05, 4.69) is 144 Å². The van der Waals surface area contributed by atoms with E-state index in [1.54, 1.807) is 0 Å². The molecule has 0 spiro atoms. The number of benzene rings is 6. The van der Waals surface area contributed by atoms with Crippen LogP contribution < -0.4 is 0 Å². The van der Waals surface area contributed by atoms with Gasteiger partial charge in [0.05, 0.1) is 17.4 Å². The minimum Gasteiger partial charge on any atom is -0.292 e.